The first-order valence-corrected chi connectivity index (χ1v) is 7.36. The van der Waals surface area contributed by atoms with Crippen LogP contribution >= 0.6 is 0 Å². The van der Waals surface area contributed by atoms with Gasteiger partial charge in [0.05, 0.1) is 0 Å². The molecule has 4 rings (SSSR count). The summed E-state index contributed by atoms with van der Waals surface area (Å²) in [5.41, 5.74) is 2.60. The highest BCUT2D eigenvalue weighted by atomic mass is 15.3. The van der Waals surface area contributed by atoms with Crippen LogP contribution in [0.15, 0.2) is 30.9 Å². The molecule has 1 aliphatic rings. The number of pyridine rings is 1. The second-order valence-corrected chi connectivity index (χ2v) is 5.51. The van der Waals surface area contributed by atoms with Crippen molar-refractivity contribution in [3.8, 4) is 11.4 Å². The van der Waals surface area contributed by atoms with E-state index in [9.17, 15) is 0 Å². The average molecular weight is 295 g/mol. The Hall–Kier alpha value is -2.54. The van der Waals surface area contributed by atoms with E-state index in [1.807, 2.05) is 12.1 Å². The molecule has 0 amide bonds. The number of likely N-dealkylation sites (N-methyl/N-ethyl adjacent to an activating group) is 1. The Kier molecular flexibility index (Phi) is 3.19. The van der Waals surface area contributed by atoms with Gasteiger partial charge in [0, 0.05) is 44.1 Å². The molecule has 0 aliphatic carbocycles. The van der Waals surface area contributed by atoms with E-state index in [1.54, 1.807) is 18.7 Å². The van der Waals surface area contributed by atoms with E-state index in [-0.39, 0.29) is 0 Å². The first-order valence-electron chi connectivity index (χ1n) is 7.36. The Morgan fingerprint density at radius 1 is 1.05 bits per heavy atom. The number of aromatic amines is 1. The smallest absolute Gasteiger partial charge is 0.163 e. The van der Waals surface area contributed by atoms with Crippen molar-refractivity contribution >= 4 is 17.0 Å². The maximum Gasteiger partial charge on any atom is 0.163 e. The fourth-order valence-corrected chi connectivity index (χ4v) is 2.71. The third-order valence-electron chi connectivity index (χ3n) is 4.02. The summed E-state index contributed by atoms with van der Waals surface area (Å²) in [6.45, 7) is 3.99. The number of nitrogens with one attached hydrogen (secondary N) is 1. The molecule has 112 valence electrons. The summed E-state index contributed by atoms with van der Waals surface area (Å²) >= 11 is 0. The molecule has 0 radical (unpaired) electrons. The zero-order valence-corrected chi connectivity index (χ0v) is 12.4. The molecule has 4 heterocycles. The van der Waals surface area contributed by atoms with Crippen LogP contribution in [0.1, 0.15) is 0 Å². The third kappa shape index (κ3) is 2.29. The predicted molar refractivity (Wildman–Crippen MR) is 84.6 cm³/mol. The number of hydrogen-bond donors (Lipinski definition) is 1. The van der Waals surface area contributed by atoms with E-state index in [1.165, 1.54) is 0 Å². The summed E-state index contributed by atoms with van der Waals surface area (Å²) in [7, 11) is 2.14. The molecule has 22 heavy (non-hydrogen) atoms. The van der Waals surface area contributed by atoms with Crippen LogP contribution in [0.25, 0.3) is 22.6 Å². The number of imidazole rings is 1. The van der Waals surface area contributed by atoms with Crippen LogP contribution in [0.4, 0.5) is 5.82 Å². The largest absolute Gasteiger partial charge is 0.352 e. The van der Waals surface area contributed by atoms with Crippen LogP contribution in [-0.4, -0.2) is 63.0 Å². The van der Waals surface area contributed by atoms with Gasteiger partial charge in [0.25, 0.3) is 0 Å². The highest BCUT2D eigenvalue weighted by molar-refractivity contribution is 5.86. The fourth-order valence-electron chi connectivity index (χ4n) is 2.71. The van der Waals surface area contributed by atoms with Gasteiger partial charge >= 0.3 is 0 Å². The molecule has 3 aromatic heterocycles. The molecule has 1 fully saturated rings. The molecule has 0 bridgehead atoms. The molecule has 7 heteroatoms. The third-order valence-corrected chi connectivity index (χ3v) is 4.02. The molecule has 0 spiro atoms. The maximum atomic E-state index is 4.71. The Morgan fingerprint density at radius 2 is 1.82 bits per heavy atom. The predicted octanol–water partition coefficient (Wildman–Crippen LogP) is 1.17. The molecule has 7 nitrogen and oxygen atoms in total. The average Bonchev–Trinajstić information content (AvgIpc) is 3.01. The first-order chi connectivity index (χ1) is 10.8. The second-order valence-electron chi connectivity index (χ2n) is 5.51. The van der Waals surface area contributed by atoms with Crippen molar-refractivity contribution < 1.29 is 0 Å². The Labute approximate surface area is 128 Å². The van der Waals surface area contributed by atoms with Gasteiger partial charge in [-0.2, -0.15) is 0 Å². The van der Waals surface area contributed by atoms with Gasteiger partial charge in [0.1, 0.15) is 12.2 Å². The summed E-state index contributed by atoms with van der Waals surface area (Å²) in [6.07, 6.45) is 5.12. The number of nitrogens with zero attached hydrogens (tertiary/aromatic N) is 6. The van der Waals surface area contributed by atoms with E-state index < -0.39 is 0 Å². The molecule has 0 saturated carbocycles. The zero-order chi connectivity index (χ0) is 14.9. The van der Waals surface area contributed by atoms with Crippen LogP contribution in [0.3, 0.4) is 0 Å². The lowest BCUT2D eigenvalue weighted by Crippen LogP contribution is -2.44. The lowest BCUT2D eigenvalue weighted by molar-refractivity contribution is 0.312. The summed E-state index contributed by atoms with van der Waals surface area (Å²) in [6, 6.07) is 3.86. The number of H-pyrrole nitrogens is 1. The minimum absolute atomic E-state index is 0.774. The molecule has 0 atom stereocenters. The second kappa shape index (κ2) is 5.34. The Balaban J connectivity index is 1.75. The van der Waals surface area contributed by atoms with Crippen molar-refractivity contribution in [2.45, 2.75) is 0 Å². The van der Waals surface area contributed by atoms with Crippen molar-refractivity contribution in [1.82, 2.24) is 29.8 Å². The molecule has 1 saturated heterocycles. The van der Waals surface area contributed by atoms with Gasteiger partial charge in [-0.25, -0.2) is 15.0 Å². The standard InChI is InChI=1S/C15H17N7/c1-21-6-8-22(9-7-21)15-12-14(17-10-18-15)20-13(19-12)11-2-4-16-5-3-11/h2-5,10H,6-9H2,1H3,(H,17,18,19,20). The quantitative estimate of drug-likeness (QED) is 0.765. The van der Waals surface area contributed by atoms with Gasteiger partial charge in [-0.3, -0.25) is 4.98 Å². The van der Waals surface area contributed by atoms with E-state index in [4.69, 9.17) is 4.98 Å². The first kappa shape index (κ1) is 13.1. The summed E-state index contributed by atoms with van der Waals surface area (Å²) in [5.74, 6) is 1.71. The highest BCUT2D eigenvalue weighted by Crippen LogP contribution is 2.25. The van der Waals surface area contributed by atoms with Gasteiger partial charge in [-0.1, -0.05) is 0 Å². The van der Waals surface area contributed by atoms with E-state index >= 15 is 0 Å². The van der Waals surface area contributed by atoms with E-state index in [0.29, 0.717) is 0 Å². The number of anilines is 1. The molecule has 3 aromatic rings. The number of rotatable bonds is 2. The van der Waals surface area contributed by atoms with Gasteiger partial charge in [0.2, 0.25) is 0 Å². The summed E-state index contributed by atoms with van der Waals surface area (Å²) in [4.78, 5) is 25.4. The van der Waals surface area contributed by atoms with Gasteiger partial charge < -0.3 is 14.8 Å². The van der Waals surface area contributed by atoms with Crippen LogP contribution in [-0.2, 0) is 0 Å². The van der Waals surface area contributed by atoms with Crippen molar-refractivity contribution in [3.05, 3.63) is 30.9 Å². The lowest BCUT2D eigenvalue weighted by Gasteiger charge is -2.33. The molecule has 0 aromatic carbocycles. The van der Waals surface area contributed by atoms with Crippen molar-refractivity contribution in [3.63, 3.8) is 0 Å². The number of hydrogen-bond acceptors (Lipinski definition) is 6. The fraction of sp³-hybridized carbons (Fsp3) is 0.333. The number of aromatic nitrogens is 5. The molecule has 1 aliphatic heterocycles. The monoisotopic (exact) mass is 295 g/mol. The van der Waals surface area contributed by atoms with E-state index in [0.717, 1.165) is 54.5 Å². The maximum absolute atomic E-state index is 4.71. The molecular weight excluding hydrogens is 278 g/mol. The normalized spacial score (nSPS) is 16.3. The Bertz CT molecular complexity index is 775. The van der Waals surface area contributed by atoms with Gasteiger partial charge in [-0.15, -0.1) is 0 Å². The minimum atomic E-state index is 0.774. The van der Waals surface area contributed by atoms with Crippen LogP contribution < -0.4 is 4.90 Å². The van der Waals surface area contributed by atoms with Crippen LogP contribution in [0, 0.1) is 0 Å². The SMILES string of the molecule is CN1CCN(c2ncnc3[nH]c(-c4ccncc4)nc23)CC1. The Morgan fingerprint density at radius 3 is 2.59 bits per heavy atom. The van der Waals surface area contributed by atoms with Crippen LogP contribution in [0.2, 0.25) is 0 Å². The van der Waals surface area contributed by atoms with Gasteiger partial charge in [-0.05, 0) is 19.2 Å². The molecule has 1 N–H and O–H groups in total. The number of piperazine rings is 1. The number of fused-ring (bicyclic) bond motifs is 1. The van der Waals surface area contributed by atoms with Crippen molar-refractivity contribution in [1.29, 1.82) is 0 Å². The molecular formula is C15H17N7. The van der Waals surface area contributed by atoms with Gasteiger partial charge in [0.15, 0.2) is 17.0 Å². The van der Waals surface area contributed by atoms with Crippen LogP contribution in [0.5, 0.6) is 0 Å². The van der Waals surface area contributed by atoms with Crippen molar-refractivity contribution in [2.24, 2.45) is 0 Å². The summed E-state index contributed by atoms with van der Waals surface area (Å²) in [5, 5.41) is 0. The van der Waals surface area contributed by atoms with Crippen molar-refractivity contribution in [2.75, 3.05) is 38.1 Å². The highest BCUT2D eigenvalue weighted by Gasteiger charge is 2.20. The lowest BCUT2D eigenvalue weighted by atomic mass is 10.2. The zero-order valence-electron chi connectivity index (χ0n) is 12.4. The topological polar surface area (TPSA) is 73.8 Å². The minimum Gasteiger partial charge on any atom is -0.352 e. The van der Waals surface area contributed by atoms with E-state index in [2.05, 4.69) is 36.8 Å². The summed E-state index contributed by atoms with van der Waals surface area (Å²) < 4.78 is 0. The molecule has 0 unspecified atom stereocenters.